The van der Waals surface area contributed by atoms with Gasteiger partial charge in [-0.15, -0.1) is 0 Å². The number of hydrogen-bond acceptors (Lipinski definition) is 2. The zero-order valence-electron chi connectivity index (χ0n) is 9.34. The summed E-state index contributed by atoms with van der Waals surface area (Å²) in [7, 11) is 0. The van der Waals surface area contributed by atoms with Crippen LogP contribution in [-0.4, -0.2) is 13.1 Å². The second-order valence-electron chi connectivity index (χ2n) is 4.36. The van der Waals surface area contributed by atoms with Gasteiger partial charge in [0, 0.05) is 13.1 Å². The van der Waals surface area contributed by atoms with Gasteiger partial charge in [0.05, 0.1) is 11.4 Å². The van der Waals surface area contributed by atoms with Crippen LogP contribution in [0, 0.1) is 17.6 Å². The lowest BCUT2D eigenvalue weighted by molar-refractivity contribution is 0.374. The maximum atomic E-state index is 13.6. The summed E-state index contributed by atoms with van der Waals surface area (Å²) in [6.45, 7) is 3.68. The van der Waals surface area contributed by atoms with E-state index in [4.69, 9.17) is 5.73 Å². The highest BCUT2D eigenvalue weighted by Gasteiger charge is 2.30. The zero-order chi connectivity index (χ0) is 11.7. The molecule has 2 rings (SSSR count). The van der Waals surface area contributed by atoms with Crippen LogP contribution in [0.1, 0.15) is 19.8 Å². The van der Waals surface area contributed by atoms with Crippen LogP contribution in [0.2, 0.25) is 0 Å². The van der Waals surface area contributed by atoms with Crippen LogP contribution in [0.5, 0.6) is 0 Å². The van der Waals surface area contributed by atoms with Crippen LogP contribution >= 0.6 is 0 Å². The predicted octanol–water partition coefficient (Wildman–Crippen LogP) is 2.78. The van der Waals surface area contributed by atoms with Crippen LogP contribution in [0.15, 0.2) is 12.1 Å². The van der Waals surface area contributed by atoms with Gasteiger partial charge in [0.1, 0.15) is 0 Å². The molecule has 0 aromatic heterocycles. The quantitative estimate of drug-likeness (QED) is 0.803. The molecule has 16 heavy (non-hydrogen) atoms. The fourth-order valence-corrected chi connectivity index (χ4v) is 2.22. The number of halogens is 2. The average Bonchev–Trinajstić information content (AvgIpc) is 2.20. The molecule has 1 saturated heterocycles. The smallest absolute Gasteiger partial charge is 0.184 e. The molecule has 88 valence electrons. The van der Waals surface area contributed by atoms with E-state index in [0.717, 1.165) is 32.0 Å². The van der Waals surface area contributed by atoms with E-state index < -0.39 is 11.6 Å². The van der Waals surface area contributed by atoms with E-state index in [1.54, 1.807) is 0 Å². The van der Waals surface area contributed by atoms with Crippen molar-refractivity contribution in [3.8, 4) is 0 Å². The molecule has 1 aromatic rings. The van der Waals surface area contributed by atoms with Crippen molar-refractivity contribution in [2.75, 3.05) is 23.7 Å². The lowest BCUT2D eigenvalue weighted by atomic mass is 9.94. The Morgan fingerprint density at radius 3 is 2.69 bits per heavy atom. The SMILES string of the molecule is CCCC1CN(c2c(N)ccc(F)c2F)C1. The summed E-state index contributed by atoms with van der Waals surface area (Å²) in [5.41, 5.74) is 6.21. The van der Waals surface area contributed by atoms with Crippen molar-refractivity contribution in [1.29, 1.82) is 0 Å². The molecule has 1 aliphatic heterocycles. The Balaban J connectivity index is 2.14. The molecule has 1 heterocycles. The Morgan fingerprint density at radius 2 is 2.06 bits per heavy atom. The molecule has 0 spiro atoms. The maximum absolute atomic E-state index is 13.6. The highest BCUT2D eigenvalue weighted by atomic mass is 19.2. The molecule has 0 unspecified atom stereocenters. The zero-order valence-corrected chi connectivity index (χ0v) is 9.34. The lowest BCUT2D eigenvalue weighted by Crippen LogP contribution is -2.47. The molecule has 2 nitrogen and oxygen atoms in total. The Labute approximate surface area is 94.0 Å². The number of hydrogen-bond donors (Lipinski definition) is 1. The summed E-state index contributed by atoms with van der Waals surface area (Å²) >= 11 is 0. The van der Waals surface area contributed by atoms with E-state index in [1.807, 2.05) is 4.90 Å². The van der Waals surface area contributed by atoms with Gasteiger partial charge < -0.3 is 10.6 Å². The highest BCUT2D eigenvalue weighted by Crippen LogP contribution is 2.34. The maximum Gasteiger partial charge on any atom is 0.184 e. The Morgan fingerprint density at radius 1 is 1.38 bits per heavy atom. The van der Waals surface area contributed by atoms with Crippen molar-refractivity contribution in [3.05, 3.63) is 23.8 Å². The van der Waals surface area contributed by atoms with E-state index >= 15 is 0 Å². The van der Waals surface area contributed by atoms with Crippen LogP contribution in [0.3, 0.4) is 0 Å². The minimum Gasteiger partial charge on any atom is -0.397 e. The first kappa shape index (κ1) is 11.2. The third-order valence-electron chi connectivity index (χ3n) is 3.07. The molecule has 1 aromatic carbocycles. The van der Waals surface area contributed by atoms with Gasteiger partial charge in [-0.2, -0.15) is 0 Å². The van der Waals surface area contributed by atoms with Crippen molar-refractivity contribution >= 4 is 11.4 Å². The minimum atomic E-state index is -0.830. The normalized spacial score (nSPS) is 16.3. The highest BCUT2D eigenvalue weighted by molar-refractivity contribution is 5.69. The van der Waals surface area contributed by atoms with Crippen LogP contribution in [-0.2, 0) is 0 Å². The van der Waals surface area contributed by atoms with E-state index in [1.165, 1.54) is 6.07 Å². The second-order valence-corrected chi connectivity index (χ2v) is 4.36. The molecule has 1 fully saturated rings. The van der Waals surface area contributed by atoms with Crippen LogP contribution < -0.4 is 10.6 Å². The van der Waals surface area contributed by atoms with Crippen LogP contribution in [0.4, 0.5) is 20.2 Å². The van der Waals surface area contributed by atoms with Crippen LogP contribution in [0.25, 0.3) is 0 Å². The van der Waals surface area contributed by atoms with Gasteiger partial charge in [-0.25, -0.2) is 8.78 Å². The lowest BCUT2D eigenvalue weighted by Gasteiger charge is -2.41. The van der Waals surface area contributed by atoms with Crippen molar-refractivity contribution in [2.24, 2.45) is 5.92 Å². The molecule has 0 atom stereocenters. The Hall–Kier alpha value is -1.32. The summed E-state index contributed by atoms with van der Waals surface area (Å²) in [6, 6.07) is 2.48. The number of rotatable bonds is 3. The number of nitrogens with two attached hydrogens (primary N) is 1. The van der Waals surface area contributed by atoms with Gasteiger partial charge in [0.2, 0.25) is 0 Å². The molecular weight excluding hydrogens is 210 g/mol. The summed E-state index contributed by atoms with van der Waals surface area (Å²) in [5, 5.41) is 0. The predicted molar refractivity (Wildman–Crippen MR) is 61.4 cm³/mol. The first-order chi connectivity index (χ1) is 7.63. The Bertz CT molecular complexity index is 387. The van der Waals surface area contributed by atoms with E-state index in [2.05, 4.69) is 6.92 Å². The largest absolute Gasteiger partial charge is 0.397 e. The third-order valence-corrected chi connectivity index (χ3v) is 3.07. The first-order valence-corrected chi connectivity index (χ1v) is 5.62. The number of anilines is 2. The van der Waals surface area contributed by atoms with Gasteiger partial charge in [-0.3, -0.25) is 0 Å². The molecule has 1 aliphatic rings. The summed E-state index contributed by atoms with van der Waals surface area (Å²) < 4.78 is 26.6. The van der Waals surface area contributed by atoms with Crippen molar-refractivity contribution in [3.63, 3.8) is 0 Å². The second kappa shape index (κ2) is 4.28. The van der Waals surface area contributed by atoms with Gasteiger partial charge in [-0.1, -0.05) is 13.3 Å². The number of nitrogen functional groups attached to an aromatic ring is 1. The molecular formula is C12H16F2N2. The van der Waals surface area contributed by atoms with Gasteiger partial charge >= 0.3 is 0 Å². The topological polar surface area (TPSA) is 29.3 Å². The minimum absolute atomic E-state index is 0.229. The van der Waals surface area contributed by atoms with E-state index in [9.17, 15) is 8.78 Å². The monoisotopic (exact) mass is 226 g/mol. The molecule has 0 radical (unpaired) electrons. The third kappa shape index (κ3) is 1.84. The van der Waals surface area contributed by atoms with Crippen molar-refractivity contribution in [1.82, 2.24) is 0 Å². The van der Waals surface area contributed by atoms with Gasteiger partial charge in [0.15, 0.2) is 11.6 Å². The molecule has 0 saturated carbocycles. The van der Waals surface area contributed by atoms with E-state index in [-0.39, 0.29) is 5.69 Å². The molecule has 2 N–H and O–H groups in total. The Kier molecular flexibility index (Phi) is 2.99. The summed E-state index contributed by atoms with van der Waals surface area (Å²) in [4.78, 5) is 1.81. The molecule has 0 aliphatic carbocycles. The number of nitrogens with zero attached hydrogens (tertiary/aromatic N) is 1. The fourth-order valence-electron chi connectivity index (χ4n) is 2.22. The summed E-state index contributed by atoms with van der Waals surface area (Å²) in [6.07, 6.45) is 2.26. The summed E-state index contributed by atoms with van der Waals surface area (Å²) in [5.74, 6) is -1.06. The van der Waals surface area contributed by atoms with Crippen molar-refractivity contribution in [2.45, 2.75) is 19.8 Å². The molecule has 0 amide bonds. The first-order valence-electron chi connectivity index (χ1n) is 5.62. The van der Waals surface area contributed by atoms with Gasteiger partial charge in [0.25, 0.3) is 0 Å². The number of benzene rings is 1. The fraction of sp³-hybridized carbons (Fsp3) is 0.500. The molecule has 4 heteroatoms. The van der Waals surface area contributed by atoms with Crippen molar-refractivity contribution < 1.29 is 8.78 Å². The molecule has 0 bridgehead atoms. The average molecular weight is 226 g/mol. The van der Waals surface area contributed by atoms with E-state index in [0.29, 0.717) is 11.6 Å². The standard InChI is InChI=1S/C12H16F2N2/c1-2-3-8-6-16(7-8)12-10(15)5-4-9(13)11(12)14/h4-5,8H,2-3,6-7,15H2,1H3. The van der Waals surface area contributed by atoms with Gasteiger partial charge in [-0.05, 0) is 24.5 Å².